The highest BCUT2D eigenvalue weighted by molar-refractivity contribution is 5.84. The first-order chi connectivity index (χ1) is 14.4. The number of nitrogens with zero attached hydrogens (tertiary/aromatic N) is 1. The summed E-state index contributed by atoms with van der Waals surface area (Å²) in [6, 6.07) is 13.0. The second kappa shape index (κ2) is 9.61. The van der Waals surface area contributed by atoms with Crippen molar-refractivity contribution in [2.75, 3.05) is 26.8 Å². The molecule has 3 rings (SSSR count). The smallest absolute Gasteiger partial charge is 0.260 e. The van der Waals surface area contributed by atoms with Crippen molar-refractivity contribution in [2.24, 2.45) is 5.41 Å². The summed E-state index contributed by atoms with van der Waals surface area (Å²) in [7, 11) is 1.59. The number of piperidine rings is 1. The summed E-state index contributed by atoms with van der Waals surface area (Å²) < 4.78 is 23.7. The fourth-order valence-electron chi connectivity index (χ4n) is 3.54. The van der Waals surface area contributed by atoms with E-state index in [-0.39, 0.29) is 24.2 Å². The van der Waals surface area contributed by atoms with Crippen molar-refractivity contribution in [2.45, 2.75) is 26.3 Å². The quantitative estimate of drug-likeness (QED) is 0.756. The molecule has 0 saturated carbocycles. The Morgan fingerprint density at radius 3 is 2.43 bits per heavy atom. The van der Waals surface area contributed by atoms with Crippen LogP contribution in [0.1, 0.15) is 25.3 Å². The maximum absolute atomic E-state index is 13.0. The SMILES string of the molecule is COc1ccc(OCC(=O)N2CCCC(C)(C(=O)NCc3ccc(F)cc3)C2)cc1. The molecule has 1 aliphatic heterocycles. The van der Waals surface area contributed by atoms with Crippen LogP contribution >= 0.6 is 0 Å². The third kappa shape index (κ3) is 5.49. The molecule has 0 spiro atoms. The Bertz CT molecular complexity index is 870. The minimum atomic E-state index is -0.673. The Labute approximate surface area is 176 Å². The zero-order chi connectivity index (χ0) is 21.6. The van der Waals surface area contributed by atoms with E-state index in [1.807, 2.05) is 6.92 Å². The molecule has 1 fully saturated rings. The summed E-state index contributed by atoms with van der Waals surface area (Å²) in [4.78, 5) is 27.1. The van der Waals surface area contributed by atoms with Gasteiger partial charge >= 0.3 is 0 Å². The standard InChI is InChI=1S/C23H27FN2O4/c1-23(22(28)25-14-17-4-6-18(24)7-5-17)12-3-13-26(16-23)21(27)15-30-20-10-8-19(29-2)9-11-20/h4-11H,3,12-16H2,1-2H3,(H,25,28). The number of ether oxygens (including phenoxy) is 2. The van der Waals surface area contributed by atoms with Crippen LogP contribution in [-0.4, -0.2) is 43.5 Å². The number of hydrogen-bond donors (Lipinski definition) is 1. The molecule has 1 aliphatic rings. The van der Waals surface area contributed by atoms with Gasteiger partial charge in [0.15, 0.2) is 6.61 Å². The monoisotopic (exact) mass is 414 g/mol. The van der Waals surface area contributed by atoms with E-state index in [0.29, 0.717) is 37.6 Å². The number of amides is 2. The van der Waals surface area contributed by atoms with Crippen LogP contribution in [0, 0.1) is 11.2 Å². The summed E-state index contributed by atoms with van der Waals surface area (Å²) in [5.41, 5.74) is 0.151. The van der Waals surface area contributed by atoms with E-state index in [0.717, 1.165) is 12.0 Å². The molecule has 0 aromatic heterocycles. The molecule has 6 nitrogen and oxygen atoms in total. The van der Waals surface area contributed by atoms with Gasteiger partial charge < -0.3 is 19.7 Å². The molecule has 1 heterocycles. The van der Waals surface area contributed by atoms with E-state index in [9.17, 15) is 14.0 Å². The highest BCUT2D eigenvalue weighted by atomic mass is 19.1. The van der Waals surface area contributed by atoms with Crippen molar-refractivity contribution in [1.82, 2.24) is 10.2 Å². The van der Waals surface area contributed by atoms with Gasteiger partial charge in [-0.2, -0.15) is 0 Å². The Hall–Kier alpha value is -3.09. The van der Waals surface area contributed by atoms with Crippen LogP contribution in [0.15, 0.2) is 48.5 Å². The van der Waals surface area contributed by atoms with Gasteiger partial charge in [-0.1, -0.05) is 12.1 Å². The number of carbonyl (C=O) groups is 2. The minimum absolute atomic E-state index is 0.0837. The van der Waals surface area contributed by atoms with Crippen LogP contribution in [0.4, 0.5) is 4.39 Å². The van der Waals surface area contributed by atoms with Gasteiger partial charge in [0, 0.05) is 19.6 Å². The van der Waals surface area contributed by atoms with Gasteiger partial charge in [0.1, 0.15) is 17.3 Å². The van der Waals surface area contributed by atoms with Gasteiger partial charge in [-0.25, -0.2) is 4.39 Å². The summed E-state index contributed by atoms with van der Waals surface area (Å²) in [6.45, 7) is 3.05. The van der Waals surface area contributed by atoms with Gasteiger partial charge in [0.2, 0.25) is 5.91 Å². The fourth-order valence-corrected chi connectivity index (χ4v) is 3.54. The number of methoxy groups -OCH3 is 1. The predicted molar refractivity (Wildman–Crippen MR) is 111 cm³/mol. The van der Waals surface area contributed by atoms with Crippen LogP contribution in [0.2, 0.25) is 0 Å². The maximum atomic E-state index is 13.0. The molecular formula is C23H27FN2O4. The minimum Gasteiger partial charge on any atom is -0.497 e. The molecule has 0 bridgehead atoms. The van der Waals surface area contributed by atoms with Gasteiger partial charge in [-0.05, 0) is 61.7 Å². The Kier molecular flexibility index (Phi) is 6.92. The average molecular weight is 414 g/mol. The van der Waals surface area contributed by atoms with E-state index >= 15 is 0 Å². The van der Waals surface area contributed by atoms with E-state index in [1.54, 1.807) is 48.4 Å². The molecule has 7 heteroatoms. The van der Waals surface area contributed by atoms with Crippen molar-refractivity contribution in [3.63, 3.8) is 0 Å². The molecule has 2 aromatic carbocycles. The number of hydrogen-bond acceptors (Lipinski definition) is 4. The summed E-state index contributed by atoms with van der Waals surface area (Å²) in [5.74, 6) is 0.729. The van der Waals surface area contributed by atoms with Crippen molar-refractivity contribution in [3.05, 3.63) is 59.9 Å². The first-order valence-electron chi connectivity index (χ1n) is 9.97. The molecule has 1 saturated heterocycles. The Balaban J connectivity index is 1.52. The summed E-state index contributed by atoms with van der Waals surface area (Å²) in [5, 5.41) is 2.91. The molecule has 1 N–H and O–H groups in total. The zero-order valence-corrected chi connectivity index (χ0v) is 17.3. The lowest BCUT2D eigenvalue weighted by atomic mass is 9.81. The number of likely N-dealkylation sites (tertiary alicyclic amines) is 1. The van der Waals surface area contributed by atoms with Crippen LogP contribution in [0.3, 0.4) is 0 Å². The summed E-state index contributed by atoms with van der Waals surface area (Å²) >= 11 is 0. The van der Waals surface area contributed by atoms with Gasteiger partial charge in [0.25, 0.3) is 5.91 Å². The Morgan fingerprint density at radius 2 is 1.77 bits per heavy atom. The van der Waals surface area contributed by atoms with Crippen molar-refractivity contribution >= 4 is 11.8 Å². The van der Waals surface area contributed by atoms with Gasteiger partial charge in [0.05, 0.1) is 12.5 Å². The second-order valence-corrected chi connectivity index (χ2v) is 7.75. The third-order valence-electron chi connectivity index (χ3n) is 5.39. The molecule has 2 aromatic rings. The van der Waals surface area contributed by atoms with Gasteiger partial charge in [-0.3, -0.25) is 9.59 Å². The highest BCUT2D eigenvalue weighted by Gasteiger charge is 2.39. The van der Waals surface area contributed by atoms with Crippen molar-refractivity contribution in [3.8, 4) is 11.5 Å². The normalized spacial score (nSPS) is 18.6. The third-order valence-corrected chi connectivity index (χ3v) is 5.39. The zero-order valence-electron chi connectivity index (χ0n) is 17.3. The second-order valence-electron chi connectivity index (χ2n) is 7.75. The van der Waals surface area contributed by atoms with E-state index in [1.165, 1.54) is 12.1 Å². The number of nitrogens with one attached hydrogen (secondary N) is 1. The number of halogens is 1. The number of carbonyl (C=O) groups excluding carboxylic acids is 2. The molecule has 0 radical (unpaired) electrons. The van der Waals surface area contributed by atoms with E-state index in [2.05, 4.69) is 5.32 Å². The van der Waals surface area contributed by atoms with Gasteiger partial charge in [-0.15, -0.1) is 0 Å². The molecule has 0 aliphatic carbocycles. The van der Waals surface area contributed by atoms with Crippen molar-refractivity contribution < 1.29 is 23.5 Å². The predicted octanol–water partition coefficient (Wildman–Crippen LogP) is 3.16. The molecule has 2 amide bonds. The first-order valence-corrected chi connectivity index (χ1v) is 9.97. The molecule has 160 valence electrons. The maximum Gasteiger partial charge on any atom is 0.260 e. The van der Waals surface area contributed by atoms with Crippen molar-refractivity contribution in [1.29, 1.82) is 0 Å². The van der Waals surface area contributed by atoms with Crippen LogP contribution in [0.25, 0.3) is 0 Å². The highest BCUT2D eigenvalue weighted by Crippen LogP contribution is 2.30. The molecular weight excluding hydrogens is 387 g/mol. The lowest BCUT2D eigenvalue weighted by molar-refractivity contribution is -0.142. The lowest BCUT2D eigenvalue weighted by Crippen LogP contribution is -2.52. The van der Waals surface area contributed by atoms with E-state index < -0.39 is 5.41 Å². The van der Waals surface area contributed by atoms with Crippen LogP contribution < -0.4 is 14.8 Å². The fraction of sp³-hybridized carbons (Fsp3) is 0.391. The molecule has 1 atom stereocenters. The van der Waals surface area contributed by atoms with E-state index in [4.69, 9.17) is 9.47 Å². The topological polar surface area (TPSA) is 67.9 Å². The molecule has 1 unspecified atom stereocenters. The lowest BCUT2D eigenvalue weighted by Gasteiger charge is -2.39. The number of rotatable bonds is 7. The largest absolute Gasteiger partial charge is 0.497 e. The first kappa shape index (κ1) is 21.6. The van der Waals surface area contributed by atoms with Crippen LogP contribution in [0.5, 0.6) is 11.5 Å². The number of benzene rings is 2. The Morgan fingerprint density at radius 1 is 1.10 bits per heavy atom. The summed E-state index contributed by atoms with van der Waals surface area (Å²) in [6.07, 6.45) is 1.44. The van der Waals surface area contributed by atoms with Crippen LogP contribution in [-0.2, 0) is 16.1 Å². The molecule has 30 heavy (non-hydrogen) atoms. The average Bonchev–Trinajstić information content (AvgIpc) is 2.77.